The number of rotatable bonds is 7. The molecule has 0 radical (unpaired) electrons. The van der Waals surface area contributed by atoms with Gasteiger partial charge in [0.15, 0.2) is 6.04 Å². The van der Waals surface area contributed by atoms with Crippen LogP contribution in [0.3, 0.4) is 0 Å². The first-order valence-electron chi connectivity index (χ1n) is 8.90. The fourth-order valence-electron chi connectivity index (χ4n) is 3.13. The van der Waals surface area contributed by atoms with Crippen LogP contribution in [0.4, 0.5) is 5.69 Å². The average molecular weight is 350 g/mol. The molecule has 2 aromatic rings. The fraction of sp³-hybridized carbons (Fsp3) is 0.333. The lowest BCUT2D eigenvalue weighted by Gasteiger charge is -2.25. The van der Waals surface area contributed by atoms with Crippen LogP contribution >= 0.6 is 0 Å². The smallest absolute Gasteiger partial charge is 0.282 e. The highest BCUT2D eigenvalue weighted by molar-refractivity contribution is 5.93. The van der Waals surface area contributed by atoms with Crippen molar-refractivity contribution in [3.8, 4) is 11.8 Å². The quantitative estimate of drug-likeness (QED) is 0.804. The predicted molar refractivity (Wildman–Crippen MR) is 99.9 cm³/mol. The van der Waals surface area contributed by atoms with Crippen molar-refractivity contribution in [2.75, 3.05) is 12.4 Å². The van der Waals surface area contributed by atoms with Gasteiger partial charge in [0.05, 0.1) is 24.8 Å². The standard InChI is InChI=1S/C21H23N3O2/c1-15(21(25)23-18-7-3-16(13-22)4-8-18)24(19-9-10-19)14-17-5-11-20(26-2)12-6-17/h3-8,11-12,15,19H,9-10,14H2,1-2H3,(H,23,25)/p+1/t15-/m0/s1. The van der Waals surface area contributed by atoms with Crippen molar-refractivity contribution in [1.82, 2.24) is 0 Å². The number of hydrogen-bond donors (Lipinski definition) is 2. The van der Waals surface area contributed by atoms with Gasteiger partial charge in [-0.15, -0.1) is 0 Å². The number of amides is 1. The van der Waals surface area contributed by atoms with Crippen LogP contribution in [0.1, 0.15) is 30.9 Å². The van der Waals surface area contributed by atoms with Crippen LogP contribution in [-0.2, 0) is 11.3 Å². The maximum Gasteiger partial charge on any atom is 0.282 e. The summed E-state index contributed by atoms with van der Waals surface area (Å²) in [6.45, 7) is 2.80. The Morgan fingerprint density at radius 1 is 1.23 bits per heavy atom. The third kappa shape index (κ3) is 4.41. The van der Waals surface area contributed by atoms with Crippen molar-refractivity contribution in [1.29, 1.82) is 5.26 Å². The van der Waals surface area contributed by atoms with E-state index in [1.807, 2.05) is 19.1 Å². The van der Waals surface area contributed by atoms with Crippen LogP contribution in [0.25, 0.3) is 0 Å². The zero-order chi connectivity index (χ0) is 18.5. The van der Waals surface area contributed by atoms with Gasteiger partial charge in [0.2, 0.25) is 0 Å². The van der Waals surface area contributed by atoms with Crippen molar-refractivity contribution in [3.63, 3.8) is 0 Å². The van der Waals surface area contributed by atoms with E-state index < -0.39 is 0 Å². The van der Waals surface area contributed by atoms with Gasteiger partial charge in [-0.3, -0.25) is 4.79 Å². The molecule has 5 heteroatoms. The summed E-state index contributed by atoms with van der Waals surface area (Å²) >= 11 is 0. The molecule has 0 aliphatic heterocycles. The van der Waals surface area contributed by atoms with Gasteiger partial charge < -0.3 is 15.0 Å². The summed E-state index contributed by atoms with van der Waals surface area (Å²) in [5.41, 5.74) is 2.51. The van der Waals surface area contributed by atoms with Gasteiger partial charge >= 0.3 is 0 Å². The molecule has 26 heavy (non-hydrogen) atoms. The highest BCUT2D eigenvalue weighted by Gasteiger charge is 2.39. The van der Waals surface area contributed by atoms with Crippen LogP contribution < -0.4 is 15.0 Å². The van der Waals surface area contributed by atoms with E-state index >= 15 is 0 Å². The number of nitriles is 1. The number of nitrogens with zero attached hydrogens (tertiary/aromatic N) is 1. The minimum Gasteiger partial charge on any atom is -0.497 e. The first-order chi connectivity index (χ1) is 12.6. The fourth-order valence-corrected chi connectivity index (χ4v) is 3.13. The molecule has 2 aromatic carbocycles. The lowest BCUT2D eigenvalue weighted by molar-refractivity contribution is -0.938. The Labute approximate surface area is 154 Å². The molecule has 2 N–H and O–H groups in total. The number of anilines is 1. The minimum absolute atomic E-state index is 0.00474. The van der Waals surface area contributed by atoms with E-state index in [1.165, 1.54) is 23.3 Å². The van der Waals surface area contributed by atoms with Crippen LogP contribution in [0.5, 0.6) is 5.75 Å². The van der Waals surface area contributed by atoms with Gasteiger partial charge in [-0.05, 0) is 55.5 Å². The summed E-state index contributed by atoms with van der Waals surface area (Å²) in [6.07, 6.45) is 2.33. The van der Waals surface area contributed by atoms with Gasteiger partial charge in [0.25, 0.3) is 5.91 Å². The van der Waals surface area contributed by atoms with Crippen LogP contribution in [0.15, 0.2) is 48.5 Å². The van der Waals surface area contributed by atoms with Gasteiger partial charge in [-0.1, -0.05) is 0 Å². The number of methoxy groups -OCH3 is 1. The third-order valence-electron chi connectivity index (χ3n) is 4.90. The molecule has 5 nitrogen and oxygen atoms in total. The molecule has 0 spiro atoms. The second-order valence-corrected chi connectivity index (χ2v) is 6.77. The predicted octanol–water partition coefficient (Wildman–Crippen LogP) is 2.14. The molecule has 1 aliphatic rings. The molecule has 1 aliphatic carbocycles. The zero-order valence-electron chi connectivity index (χ0n) is 15.2. The normalized spacial score (nSPS) is 15.6. The van der Waals surface area contributed by atoms with E-state index in [0.29, 0.717) is 11.6 Å². The van der Waals surface area contributed by atoms with Crippen molar-refractivity contribution in [2.45, 2.75) is 38.4 Å². The number of hydrogen-bond acceptors (Lipinski definition) is 3. The lowest BCUT2D eigenvalue weighted by Crippen LogP contribution is -3.16. The highest BCUT2D eigenvalue weighted by atomic mass is 16.5. The van der Waals surface area contributed by atoms with E-state index in [1.54, 1.807) is 31.4 Å². The average Bonchev–Trinajstić information content (AvgIpc) is 3.51. The van der Waals surface area contributed by atoms with Crippen molar-refractivity contribution < 1.29 is 14.4 Å². The summed E-state index contributed by atoms with van der Waals surface area (Å²) in [4.78, 5) is 14.0. The maximum atomic E-state index is 12.7. The Balaban J connectivity index is 1.66. The van der Waals surface area contributed by atoms with Gasteiger partial charge in [0.1, 0.15) is 12.3 Å². The molecular weight excluding hydrogens is 326 g/mol. The highest BCUT2D eigenvalue weighted by Crippen LogP contribution is 2.18. The monoisotopic (exact) mass is 350 g/mol. The second-order valence-electron chi connectivity index (χ2n) is 6.77. The van der Waals surface area contributed by atoms with Crippen molar-refractivity contribution in [3.05, 3.63) is 59.7 Å². The summed E-state index contributed by atoms with van der Waals surface area (Å²) in [5.74, 6) is 0.846. The van der Waals surface area contributed by atoms with E-state index in [-0.39, 0.29) is 11.9 Å². The molecular formula is C21H24N3O2+. The maximum absolute atomic E-state index is 12.7. The molecule has 0 bridgehead atoms. The topological polar surface area (TPSA) is 66.6 Å². The van der Waals surface area contributed by atoms with Crippen molar-refractivity contribution >= 4 is 11.6 Å². The largest absolute Gasteiger partial charge is 0.497 e. The summed E-state index contributed by atoms with van der Waals surface area (Å²) in [6, 6.07) is 17.5. The van der Waals surface area contributed by atoms with E-state index in [4.69, 9.17) is 10.00 Å². The number of carbonyl (C=O) groups is 1. The molecule has 0 aromatic heterocycles. The Morgan fingerprint density at radius 3 is 2.42 bits per heavy atom. The Morgan fingerprint density at radius 2 is 1.88 bits per heavy atom. The molecule has 0 heterocycles. The summed E-state index contributed by atoms with van der Waals surface area (Å²) < 4.78 is 5.21. The molecule has 1 saturated carbocycles. The van der Waals surface area contributed by atoms with Crippen molar-refractivity contribution in [2.24, 2.45) is 0 Å². The minimum atomic E-state index is -0.153. The van der Waals surface area contributed by atoms with Gasteiger partial charge in [-0.25, -0.2) is 0 Å². The molecule has 2 atom stereocenters. The zero-order valence-corrected chi connectivity index (χ0v) is 15.2. The second kappa shape index (κ2) is 8.03. The first kappa shape index (κ1) is 18.0. The Hall–Kier alpha value is -2.84. The number of ether oxygens (including phenoxy) is 1. The summed E-state index contributed by atoms with van der Waals surface area (Å²) in [7, 11) is 1.66. The van der Waals surface area contributed by atoms with Crippen LogP contribution in [0, 0.1) is 11.3 Å². The molecule has 1 unspecified atom stereocenters. The molecule has 0 saturated heterocycles. The third-order valence-corrected chi connectivity index (χ3v) is 4.90. The Kier molecular flexibility index (Phi) is 5.55. The van der Waals surface area contributed by atoms with Gasteiger partial charge in [0, 0.05) is 24.1 Å². The molecule has 134 valence electrons. The number of quaternary nitrogens is 1. The molecule has 1 amide bonds. The van der Waals surface area contributed by atoms with E-state index in [0.717, 1.165) is 18.0 Å². The first-order valence-corrected chi connectivity index (χ1v) is 8.90. The molecule has 1 fully saturated rings. The summed E-state index contributed by atoms with van der Waals surface area (Å²) in [5, 5.41) is 11.8. The SMILES string of the molecule is COc1ccc(C[NH+](C2CC2)[C@@H](C)C(=O)Nc2ccc(C#N)cc2)cc1. The lowest BCUT2D eigenvalue weighted by atomic mass is 10.1. The Bertz CT molecular complexity index is 790. The van der Waals surface area contributed by atoms with Crippen LogP contribution in [-0.4, -0.2) is 25.1 Å². The number of carbonyl (C=O) groups excluding carboxylic acids is 1. The van der Waals surface area contributed by atoms with E-state index in [2.05, 4.69) is 23.5 Å². The molecule has 3 rings (SSSR count). The number of nitrogens with one attached hydrogen (secondary N) is 2. The number of benzene rings is 2. The van der Waals surface area contributed by atoms with E-state index in [9.17, 15) is 4.79 Å². The van der Waals surface area contributed by atoms with Crippen LogP contribution in [0.2, 0.25) is 0 Å². The van der Waals surface area contributed by atoms with Gasteiger partial charge in [-0.2, -0.15) is 5.26 Å².